The van der Waals surface area contributed by atoms with Crippen molar-refractivity contribution in [3.8, 4) is 0 Å². The molecule has 0 bridgehead atoms. The second-order valence-electron chi connectivity index (χ2n) is 5.82. The molecule has 20 heavy (non-hydrogen) atoms. The minimum Gasteiger partial charge on any atom is -0.314 e. The summed E-state index contributed by atoms with van der Waals surface area (Å²) in [6.07, 6.45) is 0. The van der Waals surface area contributed by atoms with Gasteiger partial charge in [-0.2, -0.15) is 0 Å². The zero-order valence-electron chi connectivity index (χ0n) is 11.9. The van der Waals surface area contributed by atoms with E-state index in [-0.39, 0.29) is 30.2 Å². The molecule has 1 saturated heterocycles. The Morgan fingerprint density at radius 1 is 1.20 bits per heavy atom. The van der Waals surface area contributed by atoms with Crippen molar-refractivity contribution in [1.29, 1.82) is 0 Å². The van der Waals surface area contributed by atoms with Gasteiger partial charge >= 0.3 is 0 Å². The van der Waals surface area contributed by atoms with Crippen LogP contribution in [0.4, 0.5) is 0 Å². The lowest BCUT2D eigenvalue weighted by atomic mass is 9.84. The zero-order chi connectivity index (χ0) is 13.3. The van der Waals surface area contributed by atoms with Gasteiger partial charge in [0.05, 0.1) is 3.79 Å². The molecule has 2 heterocycles. The summed E-state index contributed by atoms with van der Waals surface area (Å²) in [5.74, 6) is 0. The number of thiophene rings is 1. The highest BCUT2D eigenvalue weighted by atomic mass is 79.9. The molecule has 0 aromatic carbocycles. The van der Waals surface area contributed by atoms with E-state index >= 15 is 0 Å². The van der Waals surface area contributed by atoms with Crippen molar-refractivity contribution in [3.05, 3.63) is 19.2 Å². The fourth-order valence-electron chi connectivity index (χ4n) is 2.59. The lowest BCUT2D eigenvalue weighted by Gasteiger charge is -2.41. The molecule has 1 aromatic heterocycles. The highest BCUT2D eigenvalue weighted by molar-refractivity contribution is 9.13. The largest absolute Gasteiger partial charge is 0.314 e. The Morgan fingerprint density at radius 2 is 1.75 bits per heavy atom. The summed E-state index contributed by atoms with van der Waals surface area (Å²) in [5, 5.41) is 3.43. The van der Waals surface area contributed by atoms with E-state index in [0.717, 1.165) is 26.2 Å². The average molecular weight is 469 g/mol. The van der Waals surface area contributed by atoms with Crippen LogP contribution in [-0.4, -0.2) is 31.1 Å². The van der Waals surface area contributed by atoms with Crippen LogP contribution in [-0.2, 0) is 0 Å². The van der Waals surface area contributed by atoms with Gasteiger partial charge in [0.2, 0.25) is 0 Å². The van der Waals surface area contributed by atoms with Crippen molar-refractivity contribution in [1.82, 2.24) is 10.2 Å². The van der Waals surface area contributed by atoms with Crippen molar-refractivity contribution < 1.29 is 0 Å². The molecule has 1 fully saturated rings. The minimum absolute atomic E-state index is 0. The van der Waals surface area contributed by atoms with E-state index in [2.05, 4.69) is 68.9 Å². The Kier molecular flexibility index (Phi) is 9.21. The van der Waals surface area contributed by atoms with Gasteiger partial charge in [0.1, 0.15) is 0 Å². The van der Waals surface area contributed by atoms with Crippen LogP contribution in [0, 0.1) is 5.41 Å². The van der Waals surface area contributed by atoms with E-state index in [0.29, 0.717) is 6.04 Å². The summed E-state index contributed by atoms with van der Waals surface area (Å²) in [5.41, 5.74) is 0.251. The highest BCUT2D eigenvalue weighted by Crippen LogP contribution is 2.44. The smallest absolute Gasteiger partial charge is 0.0843 e. The summed E-state index contributed by atoms with van der Waals surface area (Å²) in [7, 11) is 0. The van der Waals surface area contributed by atoms with Gasteiger partial charge in [-0.3, -0.25) is 4.90 Å². The monoisotopic (exact) mass is 466 g/mol. The molecular formula is C13H22Br2Cl2N2S. The first-order valence-electron chi connectivity index (χ1n) is 6.29. The van der Waals surface area contributed by atoms with Crippen LogP contribution in [0.3, 0.4) is 0 Å². The maximum atomic E-state index is 3.62. The van der Waals surface area contributed by atoms with Crippen LogP contribution in [0.15, 0.2) is 14.3 Å². The van der Waals surface area contributed by atoms with E-state index in [1.807, 2.05) is 11.3 Å². The van der Waals surface area contributed by atoms with Crippen molar-refractivity contribution in [2.75, 3.05) is 26.2 Å². The van der Waals surface area contributed by atoms with Gasteiger partial charge in [0.15, 0.2) is 0 Å². The van der Waals surface area contributed by atoms with Crippen LogP contribution in [0.1, 0.15) is 31.7 Å². The maximum Gasteiger partial charge on any atom is 0.0843 e. The summed E-state index contributed by atoms with van der Waals surface area (Å²) in [6, 6.07) is 2.76. The van der Waals surface area contributed by atoms with E-state index in [9.17, 15) is 0 Å². The topological polar surface area (TPSA) is 15.3 Å². The molecule has 1 N–H and O–H groups in total. The third kappa shape index (κ3) is 5.11. The summed E-state index contributed by atoms with van der Waals surface area (Å²) in [4.78, 5) is 4.06. The number of hydrogen-bond donors (Lipinski definition) is 1. The van der Waals surface area contributed by atoms with Crippen molar-refractivity contribution in [2.45, 2.75) is 26.8 Å². The number of halogens is 4. The molecule has 2 rings (SSSR count). The highest BCUT2D eigenvalue weighted by Gasteiger charge is 2.33. The SMILES string of the molecule is CC(C)(C)[C@@H](c1cc(Br)c(Br)s1)N1CCNCC1.Cl.Cl. The Labute approximate surface area is 155 Å². The Balaban J connectivity index is 0.00000180. The Hall–Kier alpha value is 1.16. The number of piperazine rings is 1. The number of rotatable bonds is 2. The first-order chi connectivity index (χ1) is 8.39. The fourth-order valence-corrected chi connectivity index (χ4v) is 5.06. The molecule has 1 aliphatic rings. The molecule has 2 nitrogen and oxygen atoms in total. The maximum absolute atomic E-state index is 3.62. The van der Waals surface area contributed by atoms with Crippen LogP contribution in [0.25, 0.3) is 0 Å². The van der Waals surface area contributed by atoms with Gasteiger partial charge in [-0.15, -0.1) is 36.2 Å². The third-order valence-corrected chi connectivity index (χ3v) is 6.58. The minimum atomic E-state index is 0. The molecule has 1 aliphatic heterocycles. The summed E-state index contributed by atoms with van der Waals surface area (Å²) in [6.45, 7) is 11.5. The standard InChI is InChI=1S/C13H20Br2N2S.2ClH/c1-13(2,3)11(17-6-4-16-5-7-17)10-8-9(14)12(15)18-10;;/h8,11,16H,4-7H2,1-3H3;2*1H/t11-;;/m1../s1. The molecule has 0 radical (unpaired) electrons. The number of nitrogens with zero attached hydrogens (tertiary/aromatic N) is 1. The lowest BCUT2D eigenvalue weighted by Crippen LogP contribution is -2.48. The van der Waals surface area contributed by atoms with Crippen LogP contribution >= 0.6 is 68.0 Å². The number of hydrogen-bond acceptors (Lipinski definition) is 3. The summed E-state index contributed by atoms with van der Waals surface area (Å²) < 4.78 is 2.37. The van der Waals surface area contributed by atoms with E-state index in [1.165, 1.54) is 13.1 Å². The average Bonchev–Trinajstić information content (AvgIpc) is 2.58. The molecule has 1 aromatic rings. The van der Waals surface area contributed by atoms with Crippen LogP contribution < -0.4 is 5.32 Å². The first-order valence-corrected chi connectivity index (χ1v) is 8.69. The molecule has 0 aliphatic carbocycles. The zero-order valence-corrected chi connectivity index (χ0v) is 17.5. The number of nitrogens with one attached hydrogen (secondary N) is 1. The van der Waals surface area contributed by atoms with E-state index in [4.69, 9.17) is 0 Å². The molecular weight excluding hydrogens is 447 g/mol. The normalized spacial score (nSPS) is 18.1. The molecule has 0 saturated carbocycles. The predicted molar refractivity (Wildman–Crippen MR) is 101 cm³/mol. The Bertz CT molecular complexity index is 395. The second-order valence-corrected chi connectivity index (χ2v) is 9.08. The third-order valence-electron chi connectivity index (χ3n) is 3.27. The molecule has 7 heteroatoms. The first kappa shape index (κ1) is 21.2. The van der Waals surface area contributed by atoms with Gasteiger partial charge in [-0.05, 0) is 43.3 Å². The van der Waals surface area contributed by atoms with E-state index in [1.54, 1.807) is 0 Å². The molecule has 118 valence electrons. The van der Waals surface area contributed by atoms with Crippen molar-refractivity contribution in [2.24, 2.45) is 5.41 Å². The quantitative estimate of drug-likeness (QED) is 0.648. The molecule has 0 spiro atoms. The summed E-state index contributed by atoms with van der Waals surface area (Å²) >= 11 is 9.07. The molecule has 1 atom stereocenters. The Morgan fingerprint density at radius 3 is 2.15 bits per heavy atom. The van der Waals surface area contributed by atoms with Crippen molar-refractivity contribution >= 4 is 68.0 Å². The van der Waals surface area contributed by atoms with Gasteiger partial charge in [0.25, 0.3) is 0 Å². The fraction of sp³-hybridized carbons (Fsp3) is 0.692. The predicted octanol–water partition coefficient (Wildman–Crippen LogP) is 5.11. The van der Waals surface area contributed by atoms with Crippen LogP contribution in [0.5, 0.6) is 0 Å². The lowest BCUT2D eigenvalue weighted by molar-refractivity contribution is 0.0888. The van der Waals surface area contributed by atoms with Gasteiger partial charge in [-0.25, -0.2) is 0 Å². The molecule has 0 amide bonds. The van der Waals surface area contributed by atoms with Gasteiger partial charge in [0, 0.05) is 41.6 Å². The van der Waals surface area contributed by atoms with Gasteiger partial charge in [-0.1, -0.05) is 20.8 Å². The van der Waals surface area contributed by atoms with E-state index < -0.39 is 0 Å². The van der Waals surface area contributed by atoms with Crippen LogP contribution in [0.2, 0.25) is 0 Å². The van der Waals surface area contributed by atoms with Crippen molar-refractivity contribution in [3.63, 3.8) is 0 Å². The van der Waals surface area contributed by atoms with Gasteiger partial charge < -0.3 is 5.32 Å². The molecule has 0 unspecified atom stereocenters. The second kappa shape index (κ2) is 8.70.